The van der Waals surface area contributed by atoms with Crippen LogP contribution in [-0.4, -0.2) is 5.91 Å². The fraction of sp³-hybridized carbons (Fsp3) is 0.0714. The zero-order chi connectivity index (χ0) is 13.8. The van der Waals surface area contributed by atoms with Gasteiger partial charge in [-0.3, -0.25) is 4.79 Å². The third-order valence-corrected chi connectivity index (χ3v) is 2.53. The van der Waals surface area contributed by atoms with Gasteiger partial charge in [-0.2, -0.15) is 0 Å². The highest BCUT2D eigenvalue weighted by Crippen LogP contribution is 2.16. The molecular weight excluding hydrogens is 250 g/mol. The molecular formula is C14H12F2N2O. The number of rotatable bonds is 3. The van der Waals surface area contributed by atoms with Crippen molar-refractivity contribution < 1.29 is 13.6 Å². The highest BCUT2D eigenvalue weighted by Gasteiger charge is 2.06. The second-order valence-electron chi connectivity index (χ2n) is 4.09. The fourth-order valence-electron chi connectivity index (χ4n) is 1.66. The molecule has 0 aromatic heterocycles. The molecule has 0 spiro atoms. The van der Waals surface area contributed by atoms with Gasteiger partial charge in [0.15, 0.2) is 0 Å². The van der Waals surface area contributed by atoms with Crippen LogP contribution in [0.5, 0.6) is 0 Å². The number of amides is 1. The van der Waals surface area contributed by atoms with E-state index in [1.54, 1.807) is 6.07 Å². The smallest absolute Gasteiger partial charge is 0.228 e. The number of halogens is 2. The summed E-state index contributed by atoms with van der Waals surface area (Å²) in [6.07, 6.45) is 0.0367. The van der Waals surface area contributed by atoms with Gasteiger partial charge < -0.3 is 11.1 Å². The Hall–Kier alpha value is -2.43. The maximum Gasteiger partial charge on any atom is 0.228 e. The van der Waals surface area contributed by atoms with Crippen LogP contribution in [0.15, 0.2) is 42.5 Å². The van der Waals surface area contributed by atoms with E-state index >= 15 is 0 Å². The van der Waals surface area contributed by atoms with E-state index < -0.39 is 11.6 Å². The maximum absolute atomic E-state index is 13.0. The highest BCUT2D eigenvalue weighted by molar-refractivity contribution is 5.92. The lowest BCUT2D eigenvalue weighted by molar-refractivity contribution is -0.115. The zero-order valence-electron chi connectivity index (χ0n) is 9.99. The first-order chi connectivity index (χ1) is 9.04. The standard InChI is InChI=1S/C14H12F2N2O/c15-10-3-1-2-9(6-10)7-14(19)18-11-4-5-12(16)13(17)8-11/h1-6,8H,7,17H2,(H,18,19). The second kappa shape index (κ2) is 5.48. The predicted octanol–water partition coefficient (Wildman–Crippen LogP) is 2.73. The molecule has 5 heteroatoms. The number of carbonyl (C=O) groups excluding carboxylic acids is 1. The Morgan fingerprint density at radius 1 is 1.16 bits per heavy atom. The van der Waals surface area contributed by atoms with Crippen molar-refractivity contribution in [3.8, 4) is 0 Å². The molecule has 0 bridgehead atoms. The Balaban J connectivity index is 2.03. The van der Waals surface area contributed by atoms with Crippen LogP contribution >= 0.6 is 0 Å². The lowest BCUT2D eigenvalue weighted by atomic mass is 10.1. The summed E-state index contributed by atoms with van der Waals surface area (Å²) in [6, 6.07) is 9.71. The third kappa shape index (κ3) is 3.51. The summed E-state index contributed by atoms with van der Waals surface area (Å²) >= 11 is 0. The molecule has 1 amide bonds. The molecule has 0 atom stereocenters. The molecule has 2 aromatic rings. The molecule has 0 aliphatic heterocycles. The van der Waals surface area contributed by atoms with Crippen molar-refractivity contribution in [3.05, 3.63) is 59.7 Å². The first kappa shape index (κ1) is 13.0. The number of anilines is 2. The van der Waals surface area contributed by atoms with Crippen molar-refractivity contribution in [2.24, 2.45) is 0 Å². The van der Waals surface area contributed by atoms with Crippen LogP contribution in [0.25, 0.3) is 0 Å². The Morgan fingerprint density at radius 2 is 1.95 bits per heavy atom. The molecule has 2 aromatic carbocycles. The fourth-order valence-corrected chi connectivity index (χ4v) is 1.66. The van der Waals surface area contributed by atoms with Crippen LogP contribution in [0.4, 0.5) is 20.2 Å². The number of nitrogens with two attached hydrogens (primary N) is 1. The van der Waals surface area contributed by atoms with E-state index in [2.05, 4.69) is 5.32 Å². The monoisotopic (exact) mass is 262 g/mol. The lowest BCUT2D eigenvalue weighted by Crippen LogP contribution is -2.14. The van der Waals surface area contributed by atoms with Crippen LogP contribution in [-0.2, 0) is 11.2 Å². The number of carbonyl (C=O) groups is 1. The number of hydrogen-bond acceptors (Lipinski definition) is 2. The number of nitrogen functional groups attached to an aromatic ring is 1. The average Bonchev–Trinajstić information content (AvgIpc) is 2.34. The second-order valence-corrected chi connectivity index (χ2v) is 4.09. The van der Waals surface area contributed by atoms with Crippen LogP contribution in [0.3, 0.4) is 0 Å². The van der Waals surface area contributed by atoms with Gasteiger partial charge in [0.2, 0.25) is 5.91 Å². The van der Waals surface area contributed by atoms with Crippen LogP contribution in [0.2, 0.25) is 0 Å². The van der Waals surface area contributed by atoms with E-state index in [0.717, 1.165) is 0 Å². The molecule has 3 nitrogen and oxygen atoms in total. The average molecular weight is 262 g/mol. The van der Waals surface area contributed by atoms with E-state index in [-0.39, 0.29) is 18.0 Å². The van der Waals surface area contributed by atoms with Gasteiger partial charge in [-0.15, -0.1) is 0 Å². The van der Waals surface area contributed by atoms with Gasteiger partial charge in [-0.05, 0) is 35.9 Å². The Morgan fingerprint density at radius 3 is 2.63 bits per heavy atom. The van der Waals surface area contributed by atoms with E-state index in [9.17, 15) is 13.6 Å². The molecule has 3 N–H and O–H groups in total. The van der Waals surface area contributed by atoms with Crippen LogP contribution < -0.4 is 11.1 Å². The van der Waals surface area contributed by atoms with Gasteiger partial charge in [0.25, 0.3) is 0 Å². The molecule has 0 aliphatic carbocycles. The van der Waals surface area contributed by atoms with Crippen LogP contribution in [0, 0.1) is 11.6 Å². The highest BCUT2D eigenvalue weighted by atomic mass is 19.1. The third-order valence-electron chi connectivity index (χ3n) is 2.53. The number of benzene rings is 2. The first-order valence-electron chi connectivity index (χ1n) is 5.64. The molecule has 98 valence electrons. The summed E-state index contributed by atoms with van der Waals surface area (Å²) in [5.41, 5.74) is 6.32. The summed E-state index contributed by atoms with van der Waals surface area (Å²) in [7, 11) is 0. The van der Waals surface area contributed by atoms with Gasteiger partial charge in [0.05, 0.1) is 12.1 Å². The van der Waals surface area contributed by atoms with Gasteiger partial charge >= 0.3 is 0 Å². The summed E-state index contributed by atoms with van der Waals surface area (Å²) in [6.45, 7) is 0. The Labute approximate surface area is 109 Å². The number of hydrogen-bond donors (Lipinski definition) is 2. The van der Waals surface area contributed by atoms with Crippen molar-refractivity contribution in [1.29, 1.82) is 0 Å². The van der Waals surface area contributed by atoms with Crippen molar-refractivity contribution in [3.63, 3.8) is 0 Å². The van der Waals surface area contributed by atoms with Crippen molar-refractivity contribution in [1.82, 2.24) is 0 Å². The van der Waals surface area contributed by atoms with E-state index in [1.165, 1.54) is 36.4 Å². The van der Waals surface area contributed by atoms with Gasteiger partial charge in [-0.1, -0.05) is 12.1 Å². The molecule has 0 heterocycles. The first-order valence-corrected chi connectivity index (χ1v) is 5.64. The Bertz CT molecular complexity index is 614. The lowest BCUT2D eigenvalue weighted by Gasteiger charge is -2.06. The summed E-state index contributed by atoms with van der Waals surface area (Å²) in [4.78, 5) is 11.7. The van der Waals surface area contributed by atoms with Gasteiger partial charge in [0, 0.05) is 5.69 Å². The molecule has 0 fully saturated rings. The van der Waals surface area contributed by atoms with Crippen molar-refractivity contribution >= 4 is 17.3 Å². The minimum atomic E-state index is -0.539. The topological polar surface area (TPSA) is 55.1 Å². The molecule has 0 saturated carbocycles. The van der Waals surface area contributed by atoms with E-state index in [0.29, 0.717) is 11.3 Å². The summed E-state index contributed by atoms with van der Waals surface area (Å²) < 4.78 is 25.9. The maximum atomic E-state index is 13.0. The normalized spacial score (nSPS) is 10.2. The Kier molecular flexibility index (Phi) is 3.75. The quantitative estimate of drug-likeness (QED) is 0.836. The molecule has 0 saturated heterocycles. The van der Waals surface area contributed by atoms with Crippen molar-refractivity contribution in [2.75, 3.05) is 11.1 Å². The molecule has 0 aliphatic rings. The SMILES string of the molecule is Nc1cc(NC(=O)Cc2cccc(F)c2)ccc1F. The van der Waals surface area contributed by atoms with Crippen LogP contribution in [0.1, 0.15) is 5.56 Å². The molecule has 0 unspecified atom stereocenters. The van der Waals surface area contributed by atoms with E-state index in [4.69, 9.17) is 5.73 Å². The number of nitrogens with one attached hydrogen (secondary N) is 1. The largest absolute Gasteiger partial charge is 0.396 e. The zero-order valence-corrected chi connectivity index (χ0v) is 9.99. The predicted molar refractivity (Wildman–Crippen MR) is 69.5 cm³/mol. The van der Waals surface area contributed by atoms with Crippen molar-refractivity contribution in [2.45, 2.75) is 6.42 Å². The summed E-state index contributed by atoms with van der Waals surface area (Å²) in [5.74, 6) is -1.25. The molecule has 0 radical (unpaired) electrons. The molecule has 2 rings (SSSR count). The summed E-state index contributed by atoms with van der Waals surface area (Å²) in [5, 5.41) is 2.57. The van der Waals surface area contributed by atoms with Gasteiger partial charge in [0.1, 0.15) is 11.6 Å². The molecule has 19 heavy (non-hydrogen) atoms. The van der Waals surface area contributed by atoms with Gasteiger partial charge in [-0.25, -0.2) is 8.78 Å². The minimum Gasteiger partial charge on any atom is -0.396 e. The minimum absolute atomic E-state index is 0.0367. The van der Waals surface area contributed by atoms with E-state index in [1.807, 2.05) is 0 Å².